The fourth-order valence-electron chi connectivity index (χ4n) is 1.79. The van der Waals surface area contributed by atoms with Crippen molar-refractivity contribution in [2.75, 3.05) is 18.6 Å². The molecule has 0 fully saturated rings. The number of aryl methyl sites for hydroxylation is 1. The van der Waals surface area contributed by atoms with E-state index in [2.05, 4.69) is 5.32 Å². The highest BCUT2D eigenvalue weighted by molar-refractivity contribution is 7.98. The Morgan fingerprint density at radius 2 is 2.25 bits per heavy atom. The average molecular weight is 296 g/mol. The third kappa shape index (κ3) is 5.43. The van der Waals surface area contributed by atoms with E-state index in [0.29, 0.717) is 19.6 Å². The molecule has 0 saturated carbocycles. The first-order valence-electron chi connectivity index (χ1n) is 6.83. The lowest BCUT2D eigenvalue weighted by Gasteiger charge is -2.14. The summed E-state index contributed by atoms with van der Waals surface area (Å²) in [6.07, 6.45) is 2.70. The Morgan fingerprint density at radius 1 is 1.50 bits per heavy atom. The molecule has 0 aromatic heterocycles. The summed E-state index contributed by atoms with van der Waals surface area (Å²) >= 11 is 1.69. The lowest BCUT2D eigenvalue weighted by molar-refractivity contribution is -0.122. The Labute approximate surface area is 125 Å². The SMILES string of the molecule is CCOc1cc(C)ccc1CNC(=O)[C@@H](N)CCSC. The van der Waals surface area contributed by atoms with Crippen LogP contribution in [0.15, 0.2) is 18.2 Å². The van der Waals surface area contributed by atoms with Crippen molar-refractivity contribution < 1.29 is 9.53 Å². The Hall–Kier alpha value is -1.20. The third-order valence-electron chi connectivity index (χ3n) is 2.95. The van der Waals surface area contributed by atoms with E-state index in [1.807, 2.05) is 38.3 Å². The maximum atomic E-state index is 11.9. The third-order valence-corrected chi connectivity index (χ3v) is 3.59. The maximum absolute atomic E-state index is 11.9. The van der Waals surface area contributed by atoms with Gasteiger partial charge in [0.2, 0.25) is 5.91 Å². The van der Waals surface area contributed by atoms with Crippen LogP contribution >= 0.6 is 11.8 Å². The minimum atomic E-state index is -0.441. The zero-order valence-electron chi connectivity index (χ0n) is 12.4. The van der Waals surface area contributed by atoms with Gasteiger partial charge in [-0.25, -0.2) is 0 Å². The molecule has 20 heavy (non-hydrogen) atoms. The van der Waals surface area contributed by atoms with Gasteiger partial charge in [-0.2, -0.15) is 11.8 Å². The second-order valence-electron chi connectivity index (χ2n) is 4.65. The molecule has 0 radical (unpaired) electrons. The summed E-state index contributed by atoms with van der Waals surface area (Å²) < 4.78 is 5.59. The molecule has 1 atom stereocenters. The number of hydrogen-bond donors (Lipinski definition) is 2. The highest BCUT2D eigenvalue weighted by atomic mass is 32.2. The van der Waals surface area contributed by atoms with Gasteiger partial charge >= 0.3 is 0 Å². The smallest absolute Gasteiger partial charge is 0.237 e. The molecule has 1 amide bonds. The minimum Gasteiger partial charge on any atom is -0.494 e. The Morgan fingerprint density at radius 3 is 2.90 bits per heavy atom. The fraction of sp³-hybridized carbons (Fsp3) is 0.533. The molecule has 0 aliphatic rings. The van der Waals surface area contributed by atoms with Crippen molar-refractivity contribution in [2.24, 2.45) is 5.73 Å². The summed E-state index contributed by atoms with van der Waals surface area (Å²) in [4.78, 5) is 11.9. The molecule has 0 heterocycles. The Balaban J connectivity index is 2.58. The van der Waals surface area contributed by atoms with E-state index in [0.717, 1.165) is 22.6 Å². The molecule has 3 N–H and O–H groups in total. The van der Waals surface area contributed by atoms with Gasteiger partial charge in [-0.05, 0) is 43.9 Å². The quantitative estimate of drug-likeness (QED) is 0.771. The molecule has 0 aliphatic carbocycles. The van der Waals surface area contributed by atoms with Crippen LogP contribution in [-0.2, 0) is 11.3 Å². The second-order valence-corrected chi connectivity index (χ2v) is 5.64. The zero-order chi connectivity index (χ0) is 15.0. The van der Waals surface area contributed by atoms with Crippen molar-refractivity contribution in [3.8, 4) is 5.75 Å². The number of benzene rings is 1. The van der Waals surface area contributed by atoms with E-state index in [1.54, 1.807) is 11.8 Å². The number of rotatable bonds is 8. The standard InChI is InChI=1S/C15H24N2O2S/c1-4-19-14-9-11(2)5-6-12(14)10-17-15(18)13(16)7-8-20-3/h5-6,9,13H,4,7-8,10,16H2,1-3H3,(H,17,18)/t13-/m0/s1. The number of nitrogens with one attached hydrogen (secondary N) is 1. The fourth-order valence-corrected chi connectivity index (χ4v) is 2.28. The summed E-state index contributed by atoms with van der Waals surface area (Å²) in [5.74, 6) is 1.61. The molecule has 1 aromatic rings. The zero-order valence-corrected chi connectivity index (χ0v) is 13.3. The van der Waals surface area contributed by atoms with Gasteiger partial charge in [0.1, 0.15) is 5.75 Å². The molecule has 112 valence electrons. The normalized spacial score (nSPS) is 12.0. The predicted octanol–water partition coefficient (Wildman–Crippen LogP) is 2.09. The average Bonchev–Trinajstić information content (AvgIpc) is 2.43. The van der Waals surface area contributed by atoms with Gasteiger partial charge in [0, 0.05) is 12.1 Å². The maximum Gasteiger partial charge on any atom is 0.237 e. The molecular weight excluding hydrogens is 272 g/mol. The van der Waals surface area contributed by atoms with Crippen LogP contribution in [0.4, 0.5) is 0 Å². The van der Waals surface area contributed by atoms with Crippen molar-refractivity contribution in [1.82, 2.24) is 5.32 Å². The largest absolute Gasteiger partial charge is 0.494 e. The number of thioether (sulfide) groups is 1. The van der Waals surface area contributed by atoms with Crippen molar-refractivity contribution in [3.63, 3.8) is 0 Å². The molecule has 0 bridgehead atoms. The van der Waals surface area contributed by atoms with E-state index in [4.69, 9.17) is 10.5 Å². The molecule has 1 aromatic carbocycles. The second kappa shape index (κ2) is 8.87. The summed E-state index contributed by atoms with van der Waals surface area (Å²) in [5.41, 5.74) is 7.95. The van der Waals surface area contributed by atoms with Crippen LogP contribution in [0.5, 0.6) is 5.75 Å². The van der Waals surface area contributed by atoms with Gasteiger partial charge in [0.05, 0.1) is 12.6 Å². The summed E-state index contributed by atoms with van der Waals surface area (Å²) in [5, 5.41) is 2.87. The molecule has 1 rings (SSSR count). The molecule has 4 nitrogen and oxygen atoms in total. The first-order chi connectivity index (χ1) is 9.58. The van der Waals surface area contributed by atoms with Crippen LogP contribution in [0.25, 0.3) is 0 Å². The van der Waals surface area contributed by atoms with Crippen LogP contribution in [0.3, 0.4) is 0 Å². The molecule has 5 heteroatoms. The highest BCUT2D eigenvalue weighted by Crippen LogP contribution is 2.20. The molecular formula is C15H24N2O2S. The van der Waals surface area contributed by atoms with E-state index < -0.39 is 6.04 Å². The van der Waals surface area contributed by atoms with Crippen LogP contribution < -0.4 is 15.8 Å². The van der Waals surface area contributed by atoms with Crippen LogP contribution in [0.1, 0.15) is 24.5 Å². The van der Waals surface area contributed by atoms with Gasteiger partial charge in [0.15, 0.2) is 0 Å². The number of carbonyl (C=O) groups excluding carboxylic acids is 1. The van der Waals surface area contributed by atoms with Gasteiger partial charge in [0.25, 0.3) is 0 Å². The van der Waals surface area contributed by atoms with Gasteiger partial charge in [-0.15, -0.1) is 0 Å². The van der Waals surface area contributed by atoms with E-state index in [1.165, 1.54) is 0 Å². The monoisotopic (exact) mass is 296 g/mol. The molecule has 0 spiro atoms. The summed E-state index contributed by atoms with van der Waals surface area (Å²) in [6, 6.07) is 5.54. The number of hydrogen-bond acceptors (Lipinski definition) is 4. The lowest BCUT2D eigenvalue weighted by atomic mass is 10.1. The first kappa shape index (κ1) is 16.9. The summed E-state index contributed by atoms with van der Waals surface area (Å²) in [6.45, 7) is 5.02. The number of ether oxygens (including phenoxy) is 1. The lowest BCUT2D eigenvalue weighted by Crippen LogP contribution is -2.40. The van der Waals surface area contributed by atoms with Crippen molar-refractivity contribution in [2.45, 2.75) is 32.9 Å². The van der Waals surface area contributed by atoms with Crippen molar-refractivity contribution in [1.29, 1.82) is 0 Å². The number of nitrogens with two attached hydrogens (primary N) is 1. The van der Waals surface area contributed by atoms with Gasteiger partial charge in [-0.1, -0.05) is 12.1 Å². The van der Waals surface area contributed by atoms with Gasteiger partial charge < -0.3 is 15.8 Å². The molecule has 0 saturated heterocycles. The van der Waals surface area contributed by atoms with E-state index >= 15 is 0 Å². The highest BCUT2D eigenvalue weighted by Gasteiger charge is 2.13. The van der Waals surface area contributed by atoms with E-state index in [9.17, 15) is 4.79 Å². The topological polar surface area (TPSA) is 64.3 Å². The van der Waals surface area contributed by atoms with Crippen molar-refractivity contribution >= 4 is 17.7 Å². The van der Waals surface area contributed by atoms with Crippen molar-refractivity contribution in [3.05, 3.63) is 29.3 Å². The summed E-state index contributed by atoms with van der Waals surface area (Å²) in [7, 11) is 0. The Bertz CT molecular complexity index is 438. The predicted molar refractivity (Wildman–Crippen MR) is 85.2 cm³/mol. The number of amides is 1. The first-order valence-corrected chi connectivity index (χ1v) is 8.22. The molecule has 0 unspecified atom stereocenters. The number of carbonyl (C=O) groups is 1. The van der Waals surface area contributed by atoms with Crippen LogP contribution in [0, 0.1) is 6.92 Å². The molecule has 0 aliphatic heterocycles. The van der Waals surface area contributed by atoms with Crippen LogP contribution in [0.2, 0.25) is 0 Å². The van der Waals surface area contributed by atoms with E-state index in [-0.39, 0.29) is 5.91 Å². The van der Waals surface area contributed by atoms with Crippen LogP contribution in [-0.4, -0.2) is 30.6 Å². The Kier molecular flexibility index (Phi) is 7.47. The van der Waals surface area contributed by atoms with Gasteiger partial charge in [-0.3, -0.25) is 4.79 Å². The minimum absolute atomic E-state index is 0.109.